The summed E-state index contributed by atoms with van der Waals surface area (Å²) in [7, 11) is 1.81. The number of rotatable bonds is 9. The van der Waals surface area contributed by atoms with E-state index in [9.17, 15) is 14.4 Å². The van der Waals surface area contributed by atoms with Gasteiger partial charge in [0.2, 0.25) is 0 Å². The lowest BCUT2D eigenvalue weighted by Gasteiger charge is -2.18. The minimum Gasteiger partial charge on any atom is -0.466 e. The Hall–Kier alpha value is -3.09. The highest BCUT2D eigenvalue weighted by atomic mass is 16.5. The summed E-state index contributed by atoms with van der Waals surface area (Å²) in [6.45, 7) is 3.85. The predicted molar refractivity (Wildman–Crippen MR) is 107 cm³/mol. The SMILES string of the molecule is CCOC(=O)CC[C@H](NC(=O)c1ccc(NC)c2ccccc12)C(=O)OCC. The summed E-state index contributed by atoms with van der Waals surface area (Å²) in [5.41, 5.74) is 1.34. The molecule has 150 valence electrons. The fourth-order valence-corrected chi connectivity index (χ4v) is 2.94. The van der Waals surface area contributed by atoms with Crippen molar-refractivity contribution in [3.05, 3.63) is 42.0 Å². The fourth-order valence-electron chi connectivity index (χ4n) is 2.94. The van der Waals surface area contributed by atoms with Gasteiger partial charge in [0.1, 0.15) is 6.04 Å². The highest BCUT2D eigenvalue weighted by Gasteiger charge is 2.24. The maximum atomic E-state index is 12.9. The third-order valence-electron chi connectivity index (χ3n) is 4.26. The van der Waals surface area contributed by atoms with Crippen molar-refractivity contribution in [3.63, 3.8) is 0 Å². The van der Waals surface area contributed by atoms with Crippen molar-refractivity contribution in [2.24, 2.45) is 0 Å². The maximum absolute atomic E-state index is 12.9. The number of ether oxygens (including phenoxy) is 2. The largest absolute Gasteiger partial charge is 0.466 e. The number of fused-ring (bicyclic) bond motifs is 1. The van der Waals surface area contributed by atoms with Gasteiger partial charge in [0.25, 0.3) is 5.91 Å². The summed E-state index contributed by atoms with van der Waals surface area (Å²) in [4.78, 5) is 36.8. The minimum atomic E-state index is -0.931. The van der Waals surface area contributed by atoms with E-state index in [0.29, 0.717) is 5.56 Å². The van der Waals surface area contributed by atoms with Crippen molar-refractivity contribution >= 4 is 34.3 Å². The number of carbonyl (C=O) groups is 3. The van der Waals surface area contributed by atoms with E-state index in [0.717, 1.165) is 16.5 Å². The smallest absolute Gasteiger partial charge is 0.328 e. The monoisotopic (exact) mass is 386 g/mol. The standard InChI is InChI=1S/C21H26N2O5/c1-4-27-19(24)13-12-18(21(26)28-5-2)23-20(25)16-10-11-17(22-3)15-9-7-6-8-14(15)16/h6-11,18,22H,4-5,12-13H2,1-3H3,(H,23,25)/t18-/m0/s1. The van der Waals surface area contributed by atoms with Gasteiger partial charge in [0.15, 0.2) is 0 Å². The number of anilines is 1. The van der Waals surface area contributed by atoms with Gasteiger partial charge < -0.3 is 20.1 Å². The lowest BCUT2D eigenvalue weighted by molar-refractivity contribution is -0.146. The zero-order valence-electron chi connectivity index (χ0n) is 16.4. The summed E-state index contributed by atoms with van der Waals surface area (Å²) in [5.74, 6) is -1.40. The predicted octanol–water partition coefficient (Wildman–Crippen LogP) is 2.89. The van der Waals surface area contributed by atoms with Crippen molar-refractivity contribution in [3.8, 4) is 0 Å². The summed E-state index contributed by atoms with van der Waals surface area (Å²) in [5, 5.41) is 7.47. The molecule has 1 amide bonds. The van der Waals surface area contributed by atoms with E-state index in [4.69, 9.17) is 9.47 Å². The Labute approximate surface area is 164 Å². The summed E-state index contributed by atoms with van der Waals surface area (Å²) < 4.78 is 9.94. The summed E-state index contributed by atoms with van der Waals surface area (Å²) >= 11 is 0. The molecule has 0 fully saturated rings. The molecule has 0 bridgehead atoms. The van der Waals surface area contributed by atoms with Gasteiger partial charge in [-0.05, 0) is 37.8 Å². The summed E-state index contributed by atoms with van der Waals surface area (Å²) in [6.07, 6.45) is 0.118. The molecule has 2 aromatic carbocycles. The Balaban J connectivity index is 2.24. The number of esters is 2. The molecular formula is C21H26N2O5. The molecule has 1 atom stereocenters. The molecule has 2 rings (SSSR count). The summed E-state index contributed by atoms with van der Waals surface area (Å²) in [6, 6.07) is 10.1. The third-order valence-corrected chi connectivity index (χ3v) is 4.26. The second-order valence-corrected chi connectivity index (χ2v) is 6.08. The van der Waals surface area contributed by atoms with Crippen LogP contribution in [0.4, 0.5) is 5.69 Å². The van der Waals surface area contributed by atoms with Crippen LogP contribution in [0, 0.1) is 0 Å². The zero-order valence-corrected chi connectivity index (χ0v) is 16.4. The number of amides is 1. The van der Waals surface area contributed by atoms with E-state index in [1.165, 1.54) is 0 Å². The first-order chi connectivity index (χ1) is 13.5. The van der Waals surface area contributed by atoms with E-state index in [1.54, 1.807) is 19.9 Å². The zero-order chi connectivity index (χ0) is 20.5. The van der Waals surface area contributed by atoms with Gasteiger partial charge in [-0.15, -0.1) is 0 Å². The van der Waals surface area contributed by atoms with Gasteiger partial charge in [0, 0.05) is 30.1 Å². The van der Waals surface area contributed by atoms with Gasteiger partial charge in [0.05, 0.1) is 13.2 Å². The molecule has 0 aliphatic heterocycles. The number of nitrogens with one attached hydrogen (secondary N) is 2. The Morgan fingerprint density at radius 3 is 2.29 bits per heavy atom. The first-order valence-corrected chi connectivity index (χ1v) is 9.34. The molecule has 28 heavy (non-hydrogen) atoms. The van der Waals surface area contributed by atoms with E-state index in [2.05, 4.69) is 10.6 Å². The van der Waals surface area contributed by atoms with Gasteiger partial charge in [-0.3, -0.25) is 9.59 Å². The van der Waals surface area contributed by atoms with Crippen LogP contribution in [-0.2, 0) is 19.1 Å². The van der Waals surface area contributed by atoms with Crippen LogP contribution in [-0.4, -0.2) is 44.1 Å². The third kappa shape index (κ3) is 5.22. The van der Waals surface area contributed by atoms with Crippen molar-refractivity contribution in [2.45, 2.75) is 32.7 Å². The number of hydrogen-bond acceptors (Lipinski definition) is 6. The molecule has 0 heterocycles. The number of benzene rings is 2. The highest BCUT2D eigenvalue weighted by Crippen LogP contribution is 2.26. The molecule has 0 saturated carbocycles. The van der Waals surface area contributed by atoms with Gasteiger partial charge in [-0.1, -0.05) is 24.3 Å². The van der Waals surface area contributed by atoms with E-state index >= 15 is 0 Å². The van der Waals surface area contributed by atoms with Gasteiger partial charge in [-0.25, -0.2) is 4.79 Å². The molecule has 0 aromatic heterocycles. The molecule has 2 aromatic rings. The normalized spacial score (nSPS) is 11.5. The molecule has 2 N–H and O–H groups in total. The van der Waals surface area contributed by atoms with Crippen LogP contribution >= 0.6 is 0 Å². The Kier molecular flexibility index (Phi) is 7.80. The molecular weight excluding hydrogens is 360 g/mol. The van der Waals surface area contributed by atoms with Crippen LogP contribution < -0.4 is 10.6 Å². The first kappa shape index (κ1) is 21.2. The lowest BCUT2D eigenvalue weighted by atomic mass is 10.0. The first-order valence-electron chi connectivity index (χ1n) is 9.34. The second kappa shape index (κ2) is 10.3. The van der Waals surface area contributed by atoms with Crippen molar-refractivity contribution in [1.29, 1.82) is 0 Å². The second-order valence-electron chi connectivity index (χ2n) is 6.08. The number of hydrogen-bond donors (Lipinski definition) is 2. The molecule has 7 heteroatoms. The Morgan fingerprint density at radius 1 is 0.964 bits per heavy atom. The molecule has 7 nitrogen and oxygen atoms in total. The topological polar surface area (TPSA) is 93.7 Å². The van der Waals surface area contributed by atoms with Gasteiger partial charge >= 0.3 is 11.9 Å². The highest BCUT2D eigenvalue weighted by molar-refractivity contribution is 6.11. The maximum Gasteiger partial charge on any atom is 0.328 e. The molecule has 0 aliphatic carbocycles. The van der Waals surface area contributed by atoms with E-state index in [-0.39, 0.29) is 26.1 Å². The fraction of sp³-hybridized carbons (Fsp3) is 0.381. The van der Waals surface area contributed by atoms with Gasteiger partial charge in [-0.2, -0.15) is 0 Å². The van der Waals surface area contributed by atoms with Crippen LogP contribution in [0.15, 0.2) is 36.4 Å². The van der Waals surface area contributed by atoms with Crippen LogP contribution in [0.2, 0.25) is 0 Å². The molecule has 0 saturated heterocycles. The Bertz CT molecular complexity index is 850. The van der Waals surface area contributed by atoms with Crippen LogP contribution in [0.25, 0.3) is 10.8 Å². The minimum absolute atomic E-state index is 0.0110. The Morgan fingerprint density at radius 2 is 1.64 bits per heavy atom. The van der Waals surface area contributed by atoms with E-state index in [1.807, 2.05) is 37.4 Å². The average Bonchev–Trinajstić information content (AvgIpc) is 2.70. The van der Waals surface area contributed by atoms with Crippen LogP contribution in [0.1, 0.15) is 37.0 Å². The quantitative estimate of drug-likeness (QED) is 0.644. The van der Waals surface area contributed by atoms with Crippen molar-refractivity contribution in [2.75, 3.05) is 25.6 Å². The average molecular weight is 386 g/mol. The number of carbonyl (C=O) groups excluding carboxylic acids is 3. The van der Waals surface area contributed by atoms with Crippen LogP contribution in [0.5, 0.6) is 0 Å². The van der Waals surface area contributed by atoms with E-state index < -0.39 is 23.9 Å². The van der Waals surface area contributed by atoms with Crippen molar-refractivity contribution in [1.82, 2.24) is 5.32 Å². The molecule has 0 spiro atoms. The van der Waals surface area contributed by atoms with Crippen molar-refractivity contribution < 1.29 is 23.9 Å². The molecule has 0 aliphatic rings. The van der Waals surface area contributed by atoms with Crippen LogP contribution in [0.3, 0.4) is 0 Å². The molecule has 0 radical (unpaired) electrons. The molecule has 0 unspecified atom stereocenters. The lowest BCUT2D eigenvalue weighted by Crippen LogP contribution is -2.42.